The predicted molar refractivity (Wildman–Crippen MR) is 73.8 cm³/mol. The smallest absolute Gasteiger partial charge is 0.0326 e. The van der Waals surface area contributed by atoms with Gasteiger partial charge in [-0.1, -0.05) is 50.5 Å². The standard InChI is InChI=1S/C16H25N/c1-3-13-8-6-9-14(11-13)16(17)15-10-5-4-7-12(15)2/h4-5,7,10,13-14,16H,3,6,8-9,11,17H2,1-2H3. The lowest BCUT2D eigenvalue weighted by atomic mass is 9.75. The molecule has 1 fully saturated rings. The van der Waals surface area contributed by atoms with Crippen molar-refractivity contribution >= 4 is 0 Å². The molecule has 0 bridgehead atoms. The molecule has 17 heavy (non-hydrogen) atoms. The number of rotatable bonds is 3. The van der Waals surface area contributed by atoms with Crippen LogP contribution in [-0.2, 0) is 0 Å². The van der Waals surface area contributed by atoms with Crippen LogP contribution in [0, 0.1) is 18.8 Å². The molecular formula is C16H25N. The lowest BCUT2D eigenvalue weighted by Crippen LogP contribution is -2.27. The summed E-state index contributed by atoms with van der Waals surface area (Å²) in [4.78, 5) is 0. The highest BCUT2D eigenvalue weighted by Crippen LogP contribution is 2.37. The van der Waals surface area contributed by atoms with Gasteiger partial charge in [0, 0.05) is 6.04 Å². The van der Waals surface area contributed by atoms with Crippen LogP contribution < -0.4 is 5.73 Å². The molecule has 94 valence electrons. The van der Waals surface area contributed by atoms with Crippen LogP contribution in [0.1, 0.15) is 56.2 Å². The molecule has 0 saturated heterocycles. The molecule has 2 N–H and O–H groups in total. The van der Waals surface area contributed by atoms with Crippen molar-refractivity contribution in [3.8, 4) is 0 Å². The zero-order chi connectivity index (χ0) is 12.3. The van der Waals surface area contributed by atoms with Crippen molar-refractivity contribution < 1.29 is 0 Å². The van der Waals surface area contributed by atoms with Gasteiger partial charge in [-0.3, -0.25) is 0 Å². The van der Waals surface area contributed by atoms with Gasteiger partial charge in [0.1, 0.15) is 0 Å². The van der Waals surface area contributed by atoms with Gasteiger partial charge in [0.25, 0.3) is 0 Å². The van der Waals surface area contributed by atoms with Gasteiger partial charge >= 0.3 is 0 Å². The lowest BCUT2D eigenvalue weighted by molar-refractivity contribution is 0.230. The highest BCUT2D eigenvalue weighted by molar-refractivity contribution is 5.29. The molecule has 0 radical (unpaired) electrons. The van der Waals surface area contributed by atoms with Crippen molar-refractivity contribution in [2.45, 2.75) is 52.0 Å². The minimum atomic E-state index is 0.241. The van der Waals surface area contributed by atoms with Crippen LogP contribution in [0.3, 0.4) is 0 Å². The maximum Gasteiger partial charge on any atom is 0.0326 e. The maximum atomic E-state index is 6.49. The second-order valence-electron chi connectivity index (χ2n) is 5.58. The lowest BCUT2D eigenvalue weighted by Gasteiger charge is -2.33. The van der Waals surface area contributed by atoms with E-state index < -0.39 is 0 Å². The minimum absolute atomic E-state index is 0.241. The fraction of sp³-hybridized carbons (Fsp3) is 0.625. The Balaban J connectivity index is 2.09. The van der Waals surface area contributed by atoms with E-state index in [9.17, 15) is 0 Å². The summed E-state index contributed by atoms with van der Waals surface area (Å²) in [5, 5.41) is 0. The summed E-state index contributed by atoms with van der Waals surface area (Å²) in [6.45, 7) is 4.49. The Bertz CT molecular complexity index is 358. The van der Waals surface area contributed by atoms with Crippen LogP contribution in [0.5, 0.6) is 0 Å². The summed E-state index contributed by atoms with van der Waals surface area (Å²) in [5.74, 6) is 1.60. The summed E-state index contributed by atoms with van der Waals surface area (Å²) in [6, 6.07) is 8.83. The normalized spacial score (nSPS) is 26.8. The Morgan fingerprint density at radius 1 is 1.29 bits per heavy atom. The van der Waals surface area contributed by atoms with Crippen molar-refractivity contribution in [3.05, 3.63) is 35.4 Å². The fourth-order valence-electron chi connectivity index (χ4n) is 3.24. The van der Waals surface area contributed by atoms with E-state index in [1.54, 1.807) is 0 Å². The van der Waals surface area contributed by atoms with Gasteiger partial charge in [0.2, 0.25) is 0 Å². The van der Waals surface area contributed by atoms with E-state index in [-0.39, 0.29) is 6.04 Å². The summed E-state index contributed by atoms with van der Waals surface area (Å²) in [7, 11) is 0. The monoisotopic (exact) mass is 231 g/mol. The van der Waals surface area contributed by atoms with E-state index in [1.165, 1.54) is 43.2 Å². The molecule has 1 aliphatic rings. The average Bonchev–Trinajstić information content (AvgIpc) is 2.38. The SMILES string of the molecule is CCC1CCCC(C(N)c2ccccc2C)C1. The molecular weight excluding hydrogens is 206 g/mol. The molecule has 0 heterocycles. The zero-order valence-electron chi connectivity index (χ0n) is 11.2. The Kier molecular flexibility index (Phi) is 4.22. The summed E-state index contributed by atoms with van der Waals surface area (Å²) in [6.07, 6.45) is 6.73. The molecule has 1 aromatic rings. The molecule has 1 nitrogen and oxygen atoms in total. The third kappa shape index (κ3) is 2.90. The highest BCUT2D eigenvalue weighted by atomic mass is 14.7. The van der Waals surface area contributed by atoms with Crippen LogP contribution in [0.25, 0.3) is 0 Å². The fourth-order valence-corrected chi connectivity index (χ4v) is 3.24. The van der Waals surface area contributed by atoms with Crippen molar-refractivity contribution in [1.29, 1.82) is 0 Å². The maximum absolute atomic E-state index is 6.49. The van der Waals surface area contributed by atoms with Crippen molar-refractivity contribution in [3.63, 3.8) is 0 Å². The molecule has 0 amide bonds. The second kappa shape index (κ2) is 5.68. The third-order valence-corrected chi connectivity index (χ3v) is 4.46. The van der Waals surface area contributed by atoms with E-state index in [4.69, 9.17) is 5.73 Å². The van der Waals surface area contributed by atoms with Crippen LogP contribution >= 0.6 is 0 Å². The number of nitrogens with two attached hydrogens (primary N) is 1. The molecule has 1 heteroatoms. The van der Waals surface area contributed by atoms with Gasteiger partial charge in [-0.05, 0) is 42.7 Å². The Hall–Kier alpha value is -0.820. The van der Waals surface area contributed by atoms with Crippen molar-refractivity contribution in [1.82, 2.24) is 0 Å². The summed E-state index contributed by atoms with van der Waals surface area (Å²) in [5.41, 5.74) is 9.19. The highest BCUT2D eigenvalue weighted by Gasteiger charge is 2.26. The summed E-state index contributed by atoms with van der Waals surface area (Å²) >= 11 is 0. The van der Waals surface area contributed by atoms with Crippen LogP contribution in [-0.4, -0.2) is 0 Å². The molecule has 1 aliphatic carbocycles. The van der Waals surface area contributed by atoms with E-state index in [2.05, 4.69) is 38.1 Å². The number of hydrogen-bond donors (Lipinski definition) is 1. The molecule has 0 spiro atoms. The number of aryl methyl sites for hydroxylation is 1. The summed E-state index contributed by atoms with van der Waals surface area (Å²) < 4.78 is 0. The first-order chi connectivity index (χ1) is 8.22. The molecule has 0 aliphatic heterocycles. The van der Waals surface area contributed by atoms with Crippen LogP contribution in [0.4, 0.5) is 0 Å². The first-order valence-electron chi connectivity index (χ1n) is 7.03. The van der Waals surface area contributed by atoms with Gasteiger partial charge in [-0.25, -0.2) is 0 Å². The van der Waals surface area contributed by atoms with Gasteiger partial charge < -0.3 is 5.73 Å². The van der Waals surface area contributed by atoms with Gasteiger partial charge in [-0.2, -0.15) is 0 Å². The molecule has 1 saturated carbocycles. The van der Waals surface area contributed by atoms with E-state index in [1.807, 2.05) is 0 Å². The largest absolute Gasteiger partial charge is 0.324 e. The second-order valence-corrected chi connectivity index (χ2v) is 5.58. The Morgan fingerprint density at radius 2 is 2.06 bits per heavy atom. The predicted octanol–water partition coefficient (Wildman–Crippen LogP) is 4.21. The van der Waals surface area contributed by atoms with Crippen molar-refractivity contribution in [2.75, 3.05) is 0 Å². The third-order valence-electron chi connectivity index (χ3n) is 4.46. The first kappa shape index (κ1) is 12.6. The zero-order valence-corrected chi connectivity index (χ0v) is 11.2. The number of benzene rings is 1. The van der Waals surface area contributed by atoms with Gasteiger partial charge in [0.05, 0.1) is 0 Å². The molecule has 0 aromatic heterocycles. The molecule has 2 rings (SSSR count). The number of hydrogen-bond acceptors (Lipinski definition) is 1. The molecule has 1 aromatic carbocycles. The van der Waals surface area contributed by atoms with E-state index in [0.717, 1.165) is 5.92 Å². The molecule has 3 atom stereocenters. The van der Waals surface area contributed by atoms with E-state index >= 15 is 0 Å². The van der Waals surface area contributed by atoms with Gasteiger partial charge in [-0.15, -0.1) is 0 Å². The minimum Gasteiger partial charge on any atom is -0.324 e. The first-order valence-corrected chi connectivity index (χ1v) is 7.03. The average molecular weight is 231 g/mol. The van der Waals surface area contributed by atoms with Crippen LogP contribution in [0.15, 0.2) is 24.3 Å². The Labute approximate surface area is 105 Å². The van der Waals surface area contributed by atoms with Crippen molar-refractivity contribution in [2.24, 2.45) is 17.6 Å². The van der Waals surface area contributed by atoms with Crippen LogP contribution in [0.2, 0.25) is 0 Å². The van der Waals surface area contributed by atoms with Gasteiger partial charge in [0.15, 0.2) is 0 Å². The topological polar surface area (TPSA) is 26.0 Å². The quantitative estimate of drug-likeness (QED) is 0.828. The van der Waals surface area contributed by atoms with E-state index in [0.29, 0.717) is 5.92 Å². The molecule has 3 unspecified atom stereocenters. The Morgan fingerprint density at radius 3 is 2.76 bits per heavy atom.